The van der Waals surface area contributed by atoms with Crippen molar-refractivity contribution in [3.63, 3.8) is 0 Å². The molecule has 6 rings (SSSR count). The van der Waals surface area contributed by atoms with Crippen LogP contribution in [0.2, 0.25) is 0 Å². The number of hydrogen-bond donors (Lipinski definition) is 7. The van der Waals surface area contributed by atoms with Crippen LogP contribution in [-0.4, -0.2) is 124 Å². The first-order chi connectivity index (χ1) is 24.4. The van der Waals surface area contributed by atoms with Crippen LogP contribution in [0.1, 0.15) is 89.3 Å². The van der Waals surface area contributed by atoms with Gasteiger partial charge in [0.1, 0.15) is 29.8 Å². The molecule has 1 heterocycles. The monoisotopic (exact) mass is 724 g/mol. The lowest BCUT2D eigenvalue weighted by Gasteiger charge is -2.53. The molecule has 7 N–H and O–H groups in total. The van der Waals surface area contributed by atoms with Gasteiger partial charge in [-0.1, -0.05) is 6.07 Å². The first-order valence-electron chi connectivity index (χ1n) is 16.5. The predicted molar refractivity (Wildman–Crippen MR) is 177 cm³/mol. The predicted octanol–water partition coefficient (Wildman–Crippen LogP) is 0.102. The van der Waals surface area contributed by atoms with Gasteiger partial charge in [-0.3, -0.25) is 24.0 Å². The van der Waals surface area contributed by atoms with Gasteiger partial charge >= 0.3 is 0 Å². The van der Waals surface area contributed by atoms with Crippen molar-refractivity contribution in [2.24, 2.45) is 0 Å². The van der Waals surface area contributed by atoms with Gasteiger partial charge in [-0.25, -0.2) is 0 Å². The number of benzene rings is 2. The van der Waals surface area contributed by atoms with Crippen LogP contribution in [0.25, 0.3) is 0 Å². The van der Waals surface area contributed by atoms with E-state index in [1.54, 1.807) is 20.8 Å². The zero-order chi connectivity index (χ0) is 38.4. The number of allylic oxidation sites excluding steroid dienone is 2. The van der Waals surface area contributed by atoms with Crippen molar-refractivity contribution in [1.29, 1.82) is 0 Å². The van der Waals surface area contributed by atoms with Crippen LogP contribution < -0.4 is 10.6 Å². The molecule has 1 saturated heterocycles. The summed E-state index contributed by atoms with van der Waals surface area (Å²) in [6.07, 6.45) is -6.50. The lowest BCUT2D eigenvalue weighted by atomic mass is 9.56. The molecule has 1 amide bonds. The van der Waals surface area contributed by atoms with E-state index in [9.17, 15) is 49.5 Å². The van der Waals surface area contributed by atoms with Gasteiger partial charge in [0.2, 0.25) is 17.3 Å². The van der Waals surface area contributed by atoms with Crippen molar-refractivity contribution in [1.82, 2.24) is 10.6 Å². The number of nitrogens with one attached hydrogen (secondary N) is 2. The molecule has 1 fully saturated rings. The van der Waals surface area contributed by atoms with Crippen LogP contribution in [0.5, 0.6) is 11.5 Å². The smallest absolute Gasteiger partial charge is 0.255 e. The van der Waals surface area contributed by atoms with Crippen LogP contribution in [0.15, 0.2) is 23.9 Å². The maximum atomic E-state index is 14.7. The standard InChI is InChI=1S/C36H40N2O14/c1-12(2)37-33(47)21-13(3)8-15-9-20(40)36(51-7)32(46)23-17(31(45)35(36,48)24(15)27(21)43)10-16-22(26(23)42)19(39)11-18(25(16)41)38-34-30(50-6)28(44)29(49-5)14(4)52-34/h8,10-12,14,20,28-30,34,38,40,42-44,48H,9H2,1-7H3,(H,37,47)/t14-,20+,28+,29-,30+,34-,35-,36+/m0/s1. The summed E-state index contributed by atoms with van der Waals surface area (Å²) in [6, 6.07) is 1.88. The second-order valence-electron chi connectivity index (χ2n) is 13.7. The Balaban J connectivity index is 1.51. The molecule has 278 valence electrons. The number of aryl methyl sites for hydroxylation is 1. The van der Waals surface area contributed by atoms with Crippen molar-refractivity contribution in [2.45, 2.75) is 88.1 Å². The first-order valence-corrected chi connectivity index (χ1v) is 16.5. The van der Waals surface area contributed by atoms with Crippen LogP contribution in [0, 0.1) is 6.92 Å². The summed E-state index contributed by atoms with van der Waals surface area (Å²) < 4.78 is 22.1. The highest BCUT2D eigenvalue weighted by atomic mass is 16.6. The third kappa shape index (κ3) is 4.89. The van der Waals surface area contributed by atoms with E-state index >= 15 is 0 Å². The van der Waals surface area contributed by atoms with E-state index in [0.717, 1.165) is 19.3 Å². The summed E-state index contributed by atoms with van der Waals surface area (Å²) in [5, 5.41) is 63.5. The first kappa shape index (κ1) is 37.2. The summed E-state index contributed by atoms with van der Waals surface area (Å²) >= 11 is 0. The van der Waals surface area contributed by atoms with Crippen molar-refractivity contribution in [3.8, 4) is 11.5 Å². The average molecular weight is 725 g/mol. The lowest BCUT2D eigenvalue weighted by Crippen LogP contribution is -2.73. The number of carbonyl (C=O) groups is 5. The van der Waals surface area contributed by atoms with Crippen molar-refractivity contribution >= 4 is 29.0 Å². The largest absolute Gasteiger partial charge is 0.507 e. The van der Waals surface area contributed by atoms with Crippen molar-refractivity contribution in [2.75, 3.05) is 21.3 Å². The Labute approximate surface area is 297 Å². The average Bonchev–Trinajstić information content (AvgIpc) is 3.05. The van der Waals surface area contributed by atoms with Crippen LogP contribution in [0.4, 0.5) is 0 Å². The number of aliphatic hydroxyl groups excluding tert-OH is 2. The molecule has 0 spiro atoms. The Morgan fingerprint density at radius 1 is 0.962 bits per heavy atom. The molecule has 2 aromatic carbocycles. The molecule has 0 radical (unpaired) electrons. The van der Waals surface area contributed by atoms with Gasteiger partial charge in [-0.05, 0) is 44.9 Å². The topological polar surface area (TPSA) is 247 Å². The summed E-state index contributed by atoms with van der Waals surface area (Å²) in [5.41, 5.74) is -9.77. The number of hydrogen-bond acceptors (Lipinski definition) is 15. The number of phenols is 2. The van der Waals surface area contributed by atoms with Crippen molar-refractivity contribution < 1.29 is 68.5 Å². The van der Waals surface area contributed by atoms with Gasteiger partial charge in [0.05, 0.1) is 34.6 Å². The third-order valence-electron chi connectivity index (χ3n) is 10.4. The number of carbonyl (C=O) groups excluding carboxylic acids is 5. The Morgan fingerprint density at radius 2 is 1.62 bits per heavy atom. The van der Waals surface area contributed by atoms with E-state index in [1.807, 2.05) is 0 Å². The molecule has 0 saturated carbocycles. The van der Waals surface area contributed by atoms with E-state index in [2.05, 4.69) is 10.6 Å². The van der Waals surface area contributed by atoms with Crippen molar-refractivity contribution in [3.05, 3.63) is 68.4 Å². The minimum absolute atomic E-state index is 0.0264. The Hall–Kier alpha value is -4.55. The maximum absolute atomic E-state index is 14.7. The molecule has 16 nitrogen and oxygen atoms in total. The molecular formula is C36H40N2O14. The molecule has 0 aromatic heterocycles. The zero-order valence-corrected chi connectivity index (χ0v) is 29.4. The number of aromatic hydroxyl groups is 2. The maximum Gasteiger partial charge on any atom is 0.255 e. The second-order valence-corrected chi connectivity index (χ2v) is 13.7. The zero-order valence-electron chi connectivity index (χ0n) is 29.4. The highest BCUT2D eigenvalue weighted by molar-refractivity contribution is 6.31. The fraction of sp³-hybridized carbons (Fsp3) is 0.472. The van der Waals surface area contributed by atoms with Gasteiger partial charge in [0, 0.05) is 56.6 Å². The molecule has 52 heavy (non-hydrogen) atoms. The summed E-state index contributed by atoms with van der Waals surface area (Å²) in [6.45, 7) is 6.48. The van der Waals surface area contributed by atoms with E-state index < -0.39 is 123 Å². The summed E-state index contributed by atoms with van der Waals surface area (Å²) in [7, 11) is 3.61. The minimum atomic E-state index is -3.21. The minimum Gasteiger partial charge on any atom is -0.507 e. The number of ether oxygens (including phenoxy) is 4. The van der Waals surface area contributed by atoms with Gasteiger partial charge in [-0.15, -0.1) is 0 Å². The normalized spacial score (nSPS) is 31.0. The second kappa shape index (κ2) is 12.8. The van der Waals surface area contributed by atoms with Gasteiger partial charge in [-0.2, -0.15) is 0 Å². The number of aliphatic hydroxyl groups is 3. The molecule has 4 aliphatic rings. The number of fused-ring (bicyclic) bond motifs is 5. The van der Waals surface area contributed by atoms with E-state index in [0.29, 0.717) is 0 Å². The van der Waals surface area contributed by atoms with E-state index in [-0.39, 0.29) is 28.4 Å². The quantitative estimate of drug-likeness (QED) is 0.200. The molecule has 0 bridgehead atoms. The molecular weight excluding hydrogens is 684 g/mol. The number of ketones is 4. The summed E-state index contributed by atoms with van der Waals surface area (Å²) in [5.74, 6) is -7.25. The van der Waals surface area contributed by atoms with Crippen LogP contribution >= 0.6 is 0 Å². The Bertz CT molecular complexity index is 1970. The Kier molecular flexibility index (Phi) is 9.19. The van der Waals surface area contributed by atoms with Gasteiger partial charge in [0.15, 0.2) is 23.2 Å². The fourth-order valence-corrected chi connectivity index (χ4v) is 8.11. The fourth-order valence-electron chi connectivity index (χ4n) is 8.11. The highest BCUT2D eigenvalue weighted by Gasteiger charge is 2.72. The SMILES string of the molecule is CO[C@@H]1[C@@H](O)[C@@H](OC)[C@@H](NC2=CC(=O)c3c(cc4c(c3O)C(=O)[C@]3(OC)[C@H](O)Cc5cc(C)c(C(=O)NC(C)C)c(O)c5[C@]3(O)C4=O)C2=O)O[C@H]1C. The van der Waals surface area contributed by atoms with Crippen LogP contribution in [0.3, 0.4) is 0 Å². The molecule has 3 aliphatic carbocycles. The molecule has 2 aromatic rings. The van der Waals surface area contributed by atoms with E-state index in [1.165, 1.54) is 27.2 Å². The molecule has 1 aliphatic heterocycles. The highest BCUT2D eigenvalue weighted by Crippen LogP contribution is 2.56. The summed E-state index contributed by atoms with van der Waals surface area (Å²) in [4.78, 5) is 70.0. The van der Waals surface area contributed by atoms with Crippen LogP contribution in [-0.2, 0) is 31.0 Å². The number of Topliss-reactive ketones (excluding diaryl/α,β-unsaturated/α-hetero) is 3. The number of amides is 1. The molecule has 0 unspecified atom stereocenters. The van der Waals surface area contributed by atoms with E-state index in [4.69, 9.17) is 18.9 Å². The molecule has 16 heteroatoms. The number of methoxy groups -OCH3 is 3. The van der Waals surface area contributed by atoms with Gasteiger partial charge < -0.3 is 55.1 Å². The third-order valence-corrected chi connectivity index (χ3v) is 10.4. The number of phenolic OH excluding ortho intramolecular Hbond substituents is 2. The number of rotatable bonds is 7. The molecule has 8 atom stereocenters. The Morgan fingerprint density at radius 3 is 2.21 bits per heavy atom. The lowest BCUT2D eigenvalue weighted by molar-refractivity contribution is -0.236. The van der Waals surface area contributed by atoms with Gasteiger partial charge in [0.25, 0.3) is 5.91 Å².